The normalized spacial score (nSPS) is 26.2. The van der Waals surface area contributed by atoms with E-state index in [-0.39, 0.29) is 12.2 Å². The summed E-state index contributed by atoms with van der Waals surface area (Å²) in [6.07, 6.45) is 13.8. The molecule has 0 aromatic carbocycles. The zero-order valence-electron chi connectivity index (χ0n) is 14.4. The number of aliphatic hydroxyl groups excluding tert-OH is 2. The van der Waals surface area contributed by atoms with Gasteiger partial charge in [-0.15, -0.1) is 6.58 Å². The summed E-state index contributed by atoms with van der Waals surface area (Å²) in [6.45, 7) is 5.90. The van der Waals surface area contributed by atoms with Crippen molar-refractivity contribution in [2.75, 3.05) is 0 Å². The Morgan fingerprint density at radius 1 is 1.14 bits per heavy atom. The lowest BCUT2D eigenvalue weighted by Gasteiger charge is -2.19. The fraction of sp³-hybridized carbons (Fsp3) is 0.895. The molecule has 1 aliphatic rings. The SMILES string of the molecule is C=CCCCCCCC[C@@H]1O[C@H]([C@@H](O)CCCCC)C[C@@H]1O. The molecule has 1 aliphatic heterocycles. The van der Waals surface area contributed by atoms with Crippen molar-refractivity contribution in [2.45, 2.75) is 108 Å². The lowest BCUT2D eigenvalue weighted by Crippen LogP contribution is -2.26. The molecule has 0 spiro atoms. The second-order valence-electron chi connectivity index (χ2n) is 6.71. The van der Waals surface area contributed by atoms with Crippen molar-refractivity contribution in [3.05, 3.63) is 12.7 Å². The quantitative estimate of drug-likeness (QED) is 0.392. The number of hydrogen-bond donors (Lipinski definition) is 2. The second-order valence-corrected chi connectivity index (χ2v) is 6.71. The van der Waals surface area contributed by atoms with Gasteiger partial charge in [0.2, 0.25) is 0 Å². The first kappa shape index (κ1) is 19.7. The molecule has 3 heteroatoms. The number of rotatable bonds is 13. The maximum absolute atomic E-state index is 10.2. The van der Waals surface area contributed by atoms with Crippen molar-refractivity contribution in [1.29, 1.82) is 0 Å². The van der Waals surface area contributed by atoms with E-state index in [9.17, 15) is 10.2 Å². The van der Waals surface area contributed by atoms with Crippen LogP contribution in [0.25, 0.3) is 0 Å². The highest BCUT2D eigenvalue weighted by molar-refractivity contribution is 4.85. The minimum absolute atomic E-state index is 0.0704. The molecule has 0 saturated carbocycles. The van der Waals surface area contributed by atoms with Gasteiger partial charge in [-0.1, -0.05) is 57.9 Å². The molecule has 0 aromatic rings. The van der Waals surface area contributed by atoms with E-state index in [0.29, 0.717) is 6.42 Å². The predicted molar refractivity (Wildman–Crippen MR) is 91.9 cm³/mol. The van der Waals surface area contributed by atoms with Crippen molar-refractivity contribution in [3.63, 3.8) is 0 Å². The summed E-state index contributed by atoms with van der Waals surface area (Å²) in [5, 5.41) is 20.3. The Morgan fingerprint density at radius 3 is 2.59 bits per heavy atom. The van der Waals surface area contributed by atoms with Crippen molar-refractivity contribution in [2.24, 2.45) is 0 Å². The maximum atomic E-state index is 10.2. The summed E-state index contributed by atoms with van der Waals surface area (Å²) in [4.78, 5) is 0. The third-order valence-corrected chi connectivity index (χ3v) is 4.68. The molecule has 0 bridgehead atoms. The molecule has 1 saturated heterocycles. The molecule has 1 fully saturated rings. The minimum Gasteiger partial charge on any atom is -0.390 e. The molecule has 2 N–H and O–H groups in total. The van der Waals surface area contributed by atoms with E-state index in [4.69, 9.17) is 4.74 Å². The molecular weight excluding hydrogens is 276 g/mol. The summed E-state index contributed by atoms with van der Waals surface area (Å²) in [5.41, 5.74) is 0. The van der Waals surface area contributed by atoms with E-state index in [0.717, 1.165) is 44.9 Å². The van der Waals surface area contributed by atoms with Gasteiger partial charge in [-0.3, -0.25) is 0 Å². The van der Waals surface area contributed by atoms with Gasteiger partial charge in [0.1, 0.15) is 0 Å². The molecule has 1 heterocycles. The first-order valence-corrected chi connectivity index (χ1v) is 9.31. The molecule has 130 valence electrons. The van der Waals surface area contributed by atoms with Gasteiger partial charge < -0.3 is 14.9 Å². The smallest absolute Gasteiger partial charge is 0.0864 e. The van der Waals surface area contributed by atoms with E-state index >= 15 is 0 Å². The number of hydrogen-bond acceptors (Lipinski definition) is 3. The van der Waals surface area contributed by atoms with Crippen molar-refractivity contribution in [3.8, 4) is 0 Å². The molecule has 0 radical (unpaired) electrons. The van der Waals surface area contributed by atoms with Crippen LogP contribution in [0.3, 0.4) is 0 Å². The van der Waals surface area contributed by atoms with Gasteiger partial charge >= 0.3 is 0 Å². The molecule has 4 atom stereocenters. The highest BCUT2D eigenvalue weighted by Gasteiger charge is 2.36. The summed E-state index contributed by atoms with van der Waals surface area (Å²) >= 11 is 0. The third-order valence-electron chi connectivity index (χ3n) is 4.68. The highest BCUT2D eigenvalue weighted by atomic mass is 16.5. The lowest BCUT2D eigenvalue weighted by atomic mass is 10.0. The van der Waals surface area contributed by atoms with Crippen LogP contribution < -0.4 is 0 Å². The van der Waals surface area contributed by atoms with Gasteiger partial charge in [-0.2, -0.15) is 0 Å². The second kappa shape index (κ2) is 12.1. The van der Waals surface area contributed by atoms with Gasteiger partial charge in [0.05, 0.1) is 24.4 Å². The van der Waals surface area contributed by atoms with Gasteiger partial charge in [0, 0.05) is 6.42 Å². The molecule has 0 amide bonds. The summed E-state index contributed by atoms with van der Waals surface area (Å²) < 4.78 is 5.90. The van der Waals surface area contributed by atoms with Gasteiger partial charge in [0.15, 0.2) is 0 Å². The van der Waals surface area contributed by atoms with Crippen LogP contribution in [0.2, 0.25) is 0 Å². The lowest BCUT2D eigenvalue weighted by molar-refractivity contribution is -0.0498. The Hall–Kier alpha value is -0.380. The molecule has 0 unspecified atom stereocenters. The largest absolute Gasteiger partial charge is 0.390 e. The molecule has 0 aromatic heterocycles. The molecule has 3 nitrogen and oxygen atoms in total. The van der Waals surface area contributed by atoms with Crippen LogP contribution in [0, 0.1) is 0 Å². The number of allylic oxidation sites excluding steroid dienone is 1. The van der Waals surface area contributed by atoms with Gasteiger partial charge in [0.25, 0.3) is 0 Å². The number of unbranched alkanes of at least 4 members (excludes halogenated alkanes) is 7. The van der Waals surface area contributed by atoms with E-state index < -0.39 is 12.2 Å². The van der Waals surface area contributed by atoms with Crippen LogP contribution in [-0.4, -0.2) is 34.6 Å². The maximum Gasteiger partial charge on any atom is 0.0864 e. The molecule has 0 aliphatic carbocycles. The van der Waals surface area contributed by atoms with Crippen molar-refractivity contribution >= 4 is 0 Å². The van der Waals surface area contributed by atoms with E-state index in [1.807, 2.05) is 6.08 Å². The van der Waals surface area contributed by atoms with Crippen LogP contribution >= 0.6 is 0 Å². The fourth-order valence-corrected chi connectivity index (χ4v) is 3.22. The van der Waals surface area contributed by atoms with Crippen LogP contribution in [0.15, 0.2) is 12.7 Å². The van der Waals surface area contributed by atoms with Crippen LogP contribution in [-0.2, 0) is 4.74 Å². The van der Waals surface area contributed by atoms with E-state index in [1.54, 1.807) is 0 Å². The minimum atomic E-state index is -0.412. The Bertz CT molecular complexity index is 280. The van der Waals surface area contributed by atoms with E-state index in [2.05, 4.69) is 13.5 Å². The van der Waals surface area contributed by atoms with Gasteiger partial charge in [-0.25, -0.2) is 0 Å². The summed E-state index contributed by atoms with van der Waals surface area (Å²) in [6, 6.07) is 0. The molecule has 1 rings (SSSR count). The Labute approximate surface area is 136 Å². The highest BCUT2D eigenvalue weighted by Crippen LogP contribution is 2.28. The van der Waals surface area contributed by atoms with Crippen LogP contribution in [0.1, 0.15) is 84.0 Å². The monoisotopic (exact) mass is 312 g/mol. The zero-order valence-corrected chi connectivity index (χ0v) is 14.4. The Balaban J connectivity index is 2.11. The third kappa shape index (κ3) is 7.75. The standard InChI is InChI=1S/C19H36O3/c1-3-5-7-8-9-10-12-14-18-17(21)15-19(22-18)16(20)13-11-6-4-2/h3,16-21H,1,4-15H2,2H3/t16-,17-,18-,19-/m0/s1. The average molecular weight is 312 g/mol. The zero-order chi connectivity index (χ0) is 16.2. The first-order valence-electron chi connectivity index (χ1n) is 9.31. The molecular formula is C19H36O3. The van der Waals surface area contributed by atoms with Gasteiger partial charge in [-0.05, 0) is 25.7 Å². The predicted octanol–water partition coefficient (Wildman–Crippen LogP) is 4.36. The van der Waals surface area contributed by atoms with Crippen LogP contribution in [0.4, 0.5) is 0 Å². The Morgan fingerprint density at radius 2 is 1.86 bits per heavy atom. The summed E-state index contributed by atoms with van der Waals surface area (Å²) in [7, 11) is 0. The fourth-order valence-electron chi connectivity index (χ4n) is 3.22. The Kier molecular flexibility index (Phi) is 10.8. The van der Waals surface area contributed by atoms with E-state index in [1.165, 1.54) is 25.7 Å². The number of ether oxygens (including phenoxy) is 1. The summed E-state index contributed by atoms with van der Waals surface area (Å²) in [5.74, 6) is 0. The first-order chi connectivity index (χ1) is 10.7. The van der Waals surface area contributed by atoms with Crippen LogP contribution in [0.5, 0.6) is 0 Å². The van der Waals surface area contributed by atoms with Crippen molar-refractivity contribution < 1.29 is 14.9 Å². The number of aliphatic hydroxyl groups is 2. The molecule has 22 heavy (non-hydrogen) atoms. The average Bonchev–Trinajstić information content (AvgIpc) is 2.88. The van der Waals surface area contributed by atoms with Crippen molar-refractivity contribution in [1.82, 2.24) is 0 Å². The topological polar surface area (TPSA) is 49.7 Å².